The van der Waals surface area contributed by atoms with Crippen molar-refractivity contribution in [2.24, 2.45) is 0 Å². The number of H-pyrrole nitrogens is 1. The Labute approximate surface area is 220 Å². The molecule has 0 radical (unpaired) electrons. The number of likely N-dealkylation sites (tertiary alicyclic amines) is 1. The summed E-state index contributed by atoms with van der Waals surface area (Å²) >= 11 is 0. The Hall–Kier alpha value is -4.14. The predicted molar refractivity (Wildman–Crippen MR) is 140 cm³/mol. The lowest BCUT2D eigenvalue weighted by Gasteiger charge is -2.29. The van der Waals surface area contributed by atoms with Crippen molar-refractivity contribution in [2.75, 3.05) is 26.2 Å². The number of aromatic amines is 1. The molecule has 0 saturated carbocycles. The van der Waals surface area contributed by atoms with Gasteiger partial charge in [0.15, 0.2) is 0 Å². The maximum atomic E-state index is 13.5. The first-order chi connectivity index (χ1) is 18.2. The van der Waals surface area contributed by atoms with Crippen molar-refractivity contribution in [3.8, 4) is 5.75 Å². The van der Waals surface area contributed by atoms with Crippen molar-refractivity contribution < 1.29 is 28.2 Å². The highest BCUT2D eigenvalue weighted by Gasteiger charge is 2.37. The monoisotopic (exact) mass is 519 g/mol. The molecule has 0 spiro atoms. The number of rotatable bonds is 4. The third kappa shape index (κ3) is 4.76. The van der Waals surface area contributed by atoms with Crippen molar-refractivity contribution in [3.63, 3.8) is 0 Å². The molecule has 2 aliphatic heterocycles. The first-order valence-electron chi connectivity index (χ1n) is 12.8. The fourth-order valence-corrected chi connectivity index (χ4v) is 5.23. The molecular weight excluding hydrogens is 489 g/mol. The summed E-state index contributed by atoms with van der Waals surface area (Å²) in [6.45, 7) is 7.50. The molecule has 2 aromatic carbocycles. The zero-order chi connectivity index (χ0) is 27.0. The van der Waals surface area contributed by atoms with E-state index >= 15 is 0 Å². The van der Waals surface area contributed by atoms with Gasteiger partial charge in [0.1, 0.15) is 11.6 Å². The van der Waals surface area contributed by atoms with E-state index < -0.39 is 17.2 Å². The molecule has 3 aromatic rings. The first kappa shape index (κ1) is 25.5. The molecule has 5 rings (SSSR count). The number of fused-ring (bicyclic) bond motifs is 3. The lowest BCUT2D eigenvalue weighted by atomic mass is 9.81. The fraction of sp³-hybridized carbons (Fsp3) is 0.345. The molecule has 0 aliphatic carbocycles. The van der Waals surface area contributed by atoms with E-state index in [1.54, 1.807) is 24.0 Å². The third-order valence-corrected chi connectivity index (χ3v) is 6.98. The average molecular weight is 520 g/mol. The van der Waals surface area contributed by atoms with Crippen LogP contribution in [0.4, 0.5) is 9.18 Å². The number of hydrogen-bond donors (Lipinski definition) is 1. The van der Waals surface area contributed by atoms with Crippen LogP contribution in [0.15, 0.2) is 48.7 Å². The molecule has 198 valence electrons. The van der Waals surface area contributed by atoms with Gasteiger partial charge in [-0.2, -0.15) is 0 Å². The predicted octanol–water partition coefficient (Wildman–Crippen LogP) is 5.24. The zero-order valence-corrected chi connectivity index (χ0v) is 21.7. The molecule has 0 unspecified atom stereocenters. The number of esters is 1. The number of nitrogens with zero attached hydrogens (tertiary/aromatic N) is 2. The van der Waals surface area contributed by atoms with Gasteiger partial charge in [0.25, 0.3) is 5.91 Å². The second kappa shape index (κ2) is 9.96. The van der Waals surface area contributed by atoms with Crippen LogP contribution in [0.2, 0.25) is 0 Å². The minimum Gasteiger partial charge on any atom is -0.462 e. The summed E-state index contributed by atoms with van der Waals surface area (Å²) in [5.41, 5.74) is 2.00. The van der Waals surface area contributed by atoms with E-state index in [0.717, 1.165) is 23.8 Å². The quantitative estimate of drug-likeness (QED) is 0.476. The molecule has 38 heavy (non-hydrogen) atoms. The van der Waals surface area contributed by atoms with Crippen LogP contribution in [0.1, 0.15) is 55.2 Å². The molecule has 2 amide bonds. The zero-order valence-electron chi connectivity index (χ0n) is 21.7. The van der Waals surface area contributed by atoms with Crippen molar-refractivity contribution >= 4 is 34.4 Å². The van der Waals surface area contributed by atoms with Crippen LogP contribution >= 0.6 is 0 Å². The molecule has 8 nitrogen and oxygen atoms in total. The minimum atomic E-state index is -0.595. The summed E-state index contributed by atoms with van der Waals surface area (Å²) in [5, 5.41) is 0.845. The number of benzene rings is 2. The molecule has 0 atom stereocenters. The van der Waals surface area contributed by atoms with Crippen LogP contribution in [0.3, 0.4) is 0 Å². The highest BCUT2D eigenvalue weighted by Crippen LogP contribution is 2.41. The van der Waals surface area contributed by atoms with Gasteiger partial charge in [0.05, 0.1) is 17.9 Å². The first-order valence-corrected chi connectivity index (χ1v) is 12.8. The summed E-state index contributed by atoms with van der Waals surface area (Å²) in [6, 6.07) is 10.7. The van der Waals surface area contributed by atoms with Gasteiger partial charge in [0, 0.05) is 53.8 Å². The van der Waals surface area contributed by atoms with Crippen molar-refractivity contribution in [2.45, 2.75) is 39.0 Å². The summed E-state index contributed by atoms with van der Waals surface area (Å²) < 4.78 is 24.4. The van der Waals surface area contributed by atoms with Crippen LogP contribution in [0.25, 0.3) is 16.5 Å². The molecule has 1 aromatic heterocycles. The molecule has 0 bridgehead atoms. The van der Waals surface area contributed by atoms with Crippen LogP contribution in [0, 0.1) is 5.82 Å². The van der Waals surface area contributed by atoms with E-state index in [1.807, 2.05) is 19.9 Å². The Morgan fingerprint density at radius 3 is 2.45 bits per heavy atom. The van der Waals surface area contributed by atoms with Crippen LogP contribution in [0.5, 0.6) is 5.75 Å². The highest BCUT2D eigenvalue weighted by molar-refractivity contribution is 6.18. The van der Waals surface area contributed by atoms with E-state index in [1.165, 1.54) is 35.4 Å². The number of carbonyl (C=O) groups excluding carboxylic acids is 3. The number of aromatic nitrogens is 1. The highest BCUT2D eigenvalue weighted by atomic mass is 19.1. The smallest absolute Gasteiger partial charge is 0.415 e. The number of halogens is 1. The van der Waals surface area contributed by atoms with Gasteiger partial charge in [-0.3, -0.25) is 4.79 Å². The lowest BCUT2D eigenvalue weighted by molar-refractivity contribution is -0.136. The second-order valence-electron chi connectivity index (χ2n) is 10.2. The van der Waals surface area contributed by atoms with Gasteiger partial charge in [-0.15, -0.1) is 0 Å². The molecule has 1 N–H and O–H groups in total. The van der Waals surface area contributed by atoms with Gasteiger partial charge in [-0.25, -0.2) is 14.0 Å². The maximum absolute atomic E-state index is 13.5. The minimum absolute atomic E-state index is 0.164. The van der Waals surface area contributed by atoms with Crippen LogP contribution < -0.4 is 4.74 Å². The van der Waals surface area contributed by atoms with Crippen LogP contribution in [-0.2, 0) is 14.9 Å². The average Bonchev–Trinajstić information content (AvgIpc) is 3.53. The Kier molecular flexibility index (Phi) is 6.69. The molecular formula is C29H30FN3O5. The summed E-state index contributed by atoms with van der Waals surface area (Å²) in [4.78, 5) is 45.6. The maximum Gasteiger partial charge on any atom is 0.415 e. The van der Waals surface area contributed by atoms with Gasteiger partial charge in [-0.1, -0.05) is 13.8 Å². The number of ether oxygens (including phenoxy) is 2. The standard InChI is InChI=1S/C29H30FN3O5/c1-4-37-27(35)22-16-33(26(34)18-7-9-19(30)10-8-18)17-29(2,3)24-21-12-11-20(15-23(21)31-25(22)24)38-28(36)32-13-5-6-14-32/h7-12,15-16,31H,4-6,13-14,17H2,1-3H3. The number of carbonyl (C=O) groups is 3. The summed E-state index contributed by atoms with van der Waals surface area (Å²) in [5.74, 6) is -0.966. The number of amides is 2. The lowest BCUT2D eigenvalue weighted by Crippen LogP contribution is -2.37. The third-order valence-electron chi connectivity index (χ3n) is 6.98. The Balaban J connectivity index is 1.57. The van der Waals surface area contributed by atoms with Crippen LogP contribution in [-0.4, -0.2) is 59.0 Å². The van der Waals surface area contributed by atoms with E-state index in [2.05, 4.69) is 4.98 Å². The SMILES string of the molecule is CCOC(=O)C1=CN(C(=O)c2ccc(F)cc2)CC(C)(C)c2c1[nH]c1cc(OC(=O)N3CCCC3)ccc21. The molecule has 2 aliphatic rings. The molecule has 3 heterocycles. The Morgan fingerprint density at radius 2 is 1.76 bits per heavy atom. The topological polar surface area (TPSA) is 91.9 Å². The van der Waals surface area contributed by atoms with E-state index in [4.69, 9.17) is 9.47 Å². The number of hydrogen-bond acceptors (Lipinski definition) is 5. The Bertz CT molecular complexity index is 1430. The largest absolute Gasteiger partial charge is 0.462 e. The van der Waals surface area contributed by atoms with E-state index in [0.29, 0.717) is 35.6 Å². The Morgan fingerprint density at radius 1 is 1.05 bits per heavy atom. The van der Waals surface area contributed by atoms with Crippen molar-refractivity contribution in [1.82, 2.24) is 14.8 Å². The summed E-state index contributed by atoms with van der Waals surface area (Å²) in [7, 11) is 0. The van der Waals surface area contributed by atoms with Crippen molar-refractivity contribution in [3.05, 3.63) is 71.3 Å². The van der Waals surface area contributed by atoms with Gasteiger partial charge in [-0.05, 0) is 61.7 Å². The van der Waals surface area contributed by atoms with E-state index in [-0.39, 0.29) is 30.7 Å². The second-order valence-corrected chi connectivity index (χ2v) is 10.2. The molecule has 9 heteroatoms. The fourth-order valence-electron chi connectivity index (χ4n) is 5.23. The summed E-state index contributed by atoms with van der Waals surface area (Å²) in [6.07, 6.45) is 3.06. The van der Waals surface area contributed by atoms with Crippen molar-refractivity contribution in [1.29, 1.82) is 0 Å². The normalized spacial score (nSPS) is 16.6. The number of nitrogens with one attached hydrogen (secondary N) is 1. The van der Waals surface area contributed by atoms with Gasteiger partial charge >= 0.3 is 12.1 Å². The van der Waals surface area contributed by atoms with Gasteiger partial charge in [0.2, 0.25) is 0 Å². The molecule has 1 fully saturated rings. The van der Waals surface area contributed by atoms with Gasteiger partial charge < -0.3 is 24.3 Å². The van der Waals surface area contributed by atoms with E-state index in [9.17, 15) is 18.8 Å². The molecule has 1 saturated heterocycles.